The Balaban J connectivity index is 1.83. The summed E-state index contributed by atoms with van der Waals surface area (Å²) in [7, 11) is 3.26. The number of nitrogens with zero attached hydrogens (tertiary/aromatic N) is 3. The maximum atomic E-state index is 12.1. The van der Waals surface area contributed by atoms with E-state index < -0.39 is 0 Å². The molecule has 1 aromatic carbocycles. The first-order valence-corrected chi connectivity index (χ1v) is 9.16. The van der Waals surface area contributed by atoms with E-state index in [4.69, 9.17) is 13.9 Å². The smallest absolute Gasteiger partial charge is 0.236 e. The van der Waals surface area contributed by atoms with Gasteiger partial charge >= 0.3 is 0 Å². The summed E-state index contributed by atoms with van der Waals surface area (Å²) in [6, 6.07) is 3.78. The molecule has 146 valence electrons. The monoisotopic (exact) mass is 373 g/mol. The molecule has 1 aliphatic rings. The molecule has 1 amide bonds. The van der Waals surface area contributed by atoms with Gasteiger partial charge in [-0.1, -0.05) is 0 Å². The molecule has 0 N–H and O–H groups in total. The summed E-state index contributed by atoms with van der Waals surface area (Å²) >= 11 is 0. The predicted molar refractivity (Wildman–Crippen MR) is 102 cm³/mol. The lowest BCUT2D eigenvalue weighted by Crippen LogP contribution is -2.49. The number of amides is 1. The van der Waals surface area contributed by atoms with Gasteiger partial charge in [-0.15, -0.1) is 0 Å². The highest BCUT2D eigenvalue weighted by atomic mass is 16.5. The quantitative estimate of drug-likeness (QED) is 0.775. The minimum Gasteiger partial charge on any atom is -0.496 e. The number of hydrogen-bond acceptors (Lipinski definition) is 6. The molecule has 7 heteroatoms. The first-order valence-electron chi connectivity index (χ1n) is 9.16. The Morgan fingerprint density at radius 3 is 2.59 bits per heavy atom. The number of aryl methyl sites for hydroxylation is 1. The molecule has 1 aliphatic heterocycles. The lowest BCUT2D eigenvalue weighted by molar-refractivity contribution is -0.135. The average Bonchev–Trinajstić information content (AvgIpc) is 3.02. The molecule has 0 aliphatic carbocycles. The van der Waals surface area contributed by atoms with Crippen molar-refractivity contribution in [2.45, 2.75) is 27.3 Å². The van der Waals surface area contributed by atoms with Crippen LogP contribution in [-0.4, -0.2) is 61.1 Å². The van der Waals surface area contributed by atoms with Crippen LogP contribution >= 0.6 is 0 Å². The van der Waals surface area contributed by atoms with Crippen LogP contribution in [0, 0.1) is 13.8 Å². The van der Waals surface area contributed by atoms with Crippen LogP contribution in [0.4, 0.5) is 0 Å². The van der Waals surface area contributed by atoms with E-state index in [-0.39, 0.29) is 5.91 Å². The van der Waals surface area contributed by atoms with Crippen LogP contribution in [0.15, 0.2) is 16.5 Å². The molecule has 0 saturated carbocycles. The fraction of sp³-hybridized carbons (Fsp3) is 0.500. The van der Waals surface area contributed by atoms with E-state index in [9.17, 15) is 4.79 Å². The molecule has 7 nitrogen and oxygen atoms in total. The van der Waals surface area contributed by atoms with Gasteiger partial charge in [-0.3, -0.25) is 9.69 Å². The number of likely N-dealkylation sites (N-methyl/N-ethyl adjacent to an activating group) is 1. The average molecular weight is 373 g/mol. The molecule has 3 rings (SSSR count). The number of benzene rings is 1. The lowest BCUT2D eigenvalue weighted by atomic mass is 10.1. The van der Waals surface area contributed by atoms with Gasteiger partial charge in [0.05, 0.1) is 32.0 Å². The third-order valence-corrected chi connectivity index (χ3v) is 5.06. The largest absolute Gasteiger partial charge is 0.496 e. The Morgan fingerprint density at radius 1 is 1.19 bits per heavy atom. The van der Waals surface area contributed by atoms with Crippen LogP contribution < -0.4 is 9.47 Å². The predicted octanol–water partition coefficient (Wildman–Crippen LogP) is 2.64. The summed E-state index contributed by atoms with van der Waals surface area (Å²) in [5, 5.41) is 0. The number of carbonyl (C=O) groups excluding carboxylic acids is 1. The lowest BCUT2D eigenvalue weighted by Gasteiger charge is -2.33. The molecule has 2 aromatic rings. The van der Waals surface area contributed by atoms with E-state index in [2.05, 4.69) is 9.88 Å². The Bertz CT molecular complexity index is 831. The molecule has 27 heavy (non-hydrogen) atoms. The van der Waals surface area contributed by atoms with Crippen molar-refractivity contribution in [1.82, 2.24) is 14.8 Å². The first-order chi connectivity index (χ1) is 13.0. The first kappa shape index (κ1) is 19.2. The summed E-state index contributed by atoms with van der Waals surface area (Å²) in [6.45, 7) is 9.21. The van der Waals surface area contributed by atoms with Crippen molar-refractivity contribution < 1.29 is 18.7 Å². The highest BCUT2D eigenvalue weighted by Gasteiger charge is 2.25. The molecule has 0 radical (unpaired) electrons. The van der Waals surface area contributed by atoms with Crippen molar-refractivity contribution >= 4 is 5.91 Å². The number of hydrogen-bond donors (Lipinski definition) is 0. The van der Waals surface area contributed by atoms with Crippen LogP contribution in [-0.2, 0) is 11.3 Å². The molecule has 1 aromatic heterocycles. The SMILES string of the molecule is CCN1CCN(Cc2nc(-c3ccc(OC)c(C)c3OC)oc2C)CC1=O. The summed E-state index contributed by atoms with van der Waals surface area (Å²) in [5.41, 5.74) is 2.53. The zero-order valence-electron chi connectivity index (χ0n) is 16.7. The van der Waals surface area contributed by atoms with Gasteiger partial charge < -0.3 is 18.8 Å². The summed E-state index contributed by atoms with van der Waals surface area (Å²) in [4.78, 5) is 20.8. The standard InChI is InChI=1S/C20H27N3O4/c1-6-23-10-9-22(12-18(23)24)11-16-14(3)27-20(21-16)15-7-8-17(25-4)13(2)19(15)26-5/h7-8H,6,9-12H2,1-5H3. The Hall–Kier alpha value is -2.54. The summed E-state index contributed by atoms with van der Waals surface area (Å²) in [5.74, 6) is 2.88. The molecular formula is C20H27N3O4. The van der Waals surface area contributed by atoms with Crippen molar-refractivity contribution in [1.29, 1.82) is 0 Å². The highest BCUT2D eigenvalue weighted by molar-refractivity contribution is 5.79. The fourth-order valence-electron chi connectivity index (χ4n) is 3.45. The maximum Gasteiger partial charge on any atom is 0.236 e. The van der Waals surface area contributed by atoms with Gasteiger partial charge in [0.15, 0.2) is 0 Å². The third kappa shape index (κ3) is 3.78. The van der Waals surface area contributed by atoms with E-state index in [0.29, 0.717) is 24.7 Å². The molecule has 1 saturated heterocycles. The fourth-order valence-corrected chi connectivity index (χ4v) is 3.45. The van der Waals surface area contributed by atoms with Crippen molar-refractivity contribution in [2.75, 3.05) is 40.4 Å². The van der Waals surface area contributed by atoms with Crippen molar-refractivity contribution in [3.8, 4) is 23.0 Å². The van der Waals surface area contributed by atoms with E-state index in [1.165, 1.54) is 0 Å². The molecule has 1 fully saturated rings. The van der Waals surface area contributed by atoms with Gasteiger partial charge in [0.25, 0.3) is 0 Å². The zero-order valence-corrected chi connectivity index (χ0v) is 16.7. The second kappa shape index (κ2) is 8.00. The van der Waals surface area contributed by atoms with Crippen molar-refractivity contribution in [3.05, 3.63) is 29.2 Å². The van der Waals surface area contributed by atoms with Crippen LogP contribution in [0.5, 0.6) is 11.5 Å². The molecule has 2 heterocycles. The van der Waals surface area contributed by atoms with Gasteiger partial charge in [-0.05, 0) is 32.9 Å². The summed E-state index contributed by atoms with van der Waals surface area (Å²) in [6.07, 6.45) is 0. The summed E-state index contributed by atoms with van der Waals surface area (Å²) < 4.78 is 16.9. The van der Waals surface area contributed by atoms with Crippen LogP contribution in [0.2, 0.25) is 0 Å². The normalized spacial score (nSPS) is 15.3. The number of ether oxygens (including phenoxy) is 2. The Labute approximate surface area is 159 Å². The van der Waals surface area contributed by atoms with E-state index in [1.54, 1.807) is 14.2 Å². The second-order valence-corrected chi connectivity index (χ2v) is 6.68. The number of aromatic nitrogens is 1. The molecule has 0 spiro atoms. The number of rotatable bonds is 6. The van der Waals surface area contributed by atoms with Crippen LogP contribution in [0.1, 0.15) is 23.9 Å². The number of methoxy groups -OCH3 is 2. The van der Waals surface area contributed by atoms with Crippen LogP contribution in [0.3, 0.4) is 0 Å². The van der Waals surface area contributed by atoms with Crippen molar-refractivity contribution in [3.63, 3.8) is 0 Å². The van der Waals surface area contributed by atoms with E-state index >= 15 is 0 Å². The van der Waals surface area contributed by atoms with Gasteiger partial charge in [-0.2, -0.15) is 0 Å². The number of carbonyl (C=O) groups is 1. The van der Waals surface area contributed by atoms with E-state index in [0.717, 1.165) is 48.0 Å². The zero-order chi connectivity index (χ0) is 19.6. The maximum absolute atomic E-state index is 12.1. The third-order valence-electron chi connectivity index (χ3n) is 5.06. The topological polar surface area (TPSA) is 68.0 Å². The number of oxazole rings is 1. The molecule has 0 atom stereocenters. The molecule has 0 bridgehead atoms. The van der Waals surface area contributed by atoms with Crippen LogP contribution in [0.25, 0.3) is 11.5 Å². The number of piperazine rings is 1. The second-order valence-electron chi connectivity index (χ2n) is 6.68. The minimum atomic E-state index is 0.164. The van der Waals surface area contributed by atoms with Gasteiger partial charge in [0.2, 0.25) is 11.8 Å². The van der Waals surface area contributed by atoms with Gasteiger partial charge in [0.1, 0.15) is 17.3 Å². The van der Waals surface area contributed by atoms with Crippen molar-refractivity contribution in [2.24, 2.45) is 0 Å². The Morgan fingerprint density at radius 2 is 1.96 bits per heavy atom. The molecule has 0 unspecified atom stereocenters. The highest BCUT2D eigenvalue weighted by Crippen LogP contribution is 2.38. The Kier molecular flexibility index (Phi) is 5.70. The molecular weight excluding hydrogens is 346 g/mol. The van der Waals surface area contributed by atoms with E-state index in [1.807, 2.05) is 37.8 Å². The van der Waals surface area contributed by atoms with Gasteiger partial charge in [0, 0.05) is 31.7 Å². The van der Waals surface area contributed by atoms with Gasteiger partial charge in [-0.25, -0.2) is 4.98 Å². The minimum absolute atomic E-state index is 0.164.